The molecule has 4 heteroatoms. The van der Waals surface area contributed by atoms with Crippen LogP contribution in [-0.4, -0.2) is 4.92 Å². The minimum Gasteiger partial charge on any atom is -0.256 e. The quantitative estimate of drug-likeness (QED) is 0.343. The predicted molar refractivity (Wildman–Crippen MR) is 41.4 cm³/mol. The van der Waals surface area contributed by atoms with Gasteiger partial charge in [-0.2, -0.15) is 0 Å². The molecule has 0 N–H and O–H groups in total. The van der Waals surface area contributed by atoms with Crippen molar-refractivity contribution in [1.29, 1.82) is 0 Å². The molecule has 1 aliphatic carbocycles. The Hall–Kier alpha value is -1.18. The second-order valence-electron chi connectivity index (χ2n) is 2.06. The van der Waals surface area contributed by atoms with E-state index < -0.39 is 4.92 Å². The molecule has 1 aliphatic rings. The number of allylic oxidation sites excluding steroid dienone is 5. The SMILES string of the molecule is CC1=[C+]C=CC([N+](=O)[O-])=C1Cl. The van der Waals surface area contributed by atoms with Gasteiger partial charge in [0.25, 0.3) is 0 Å². The van der Waals surface area contributed by atoms with E-state index in [4.69, 9.17) is 11.6 Å². The summed E-state index contributed by atoms with van der Waals surface area (Å²) in [5.41, 5.74) is 0.531. The Labute approximate surface area is 68.8 Å². The van der Waals surface area contributed by atoms with E-state index in [2.05, 4.69) is 6.08 Å². The van der Waals surface area contributed by atoms with Gasteiger partial charge in [-0.05, 0) is 6.92 Å². The zero-order valence-corrected chi connectivity index (χ0v) is 6.55. The Morgan fingerprint density at radius 3 is 2.82 bits per heavy atom. The standard InChI is InChI=1S/C7H5ClNO2/c1-5-3-2-4-6(7(5)8)9(10)11/h2,4H,1H3/q+1. The lowest BCUT2D eigenvalue weighted by atomic mass is 10.1. The third-order valence-electron chi connectivity index (χ3n) is 1.29. The molecule has 0 fully saturated rings. The molecule has 0 heterocycles. The molecule has 0 bridgehead atoms. The van der Waals surface area contributed by atoms with E-state index in [0.717, 1.165) is 0 Å². The Kier molecular flexibility index (Phi) is 2.03. The number of nitrogens with zero attached hydrogens (tertiary/aromatic N) is 1. The zero-order valence-electron chi connectivity index (χ0n) is 5.80. The number of nitro groups is 1. The average Bonchev–Trinajstić information content (AvgIpc) is 1.94. The van der Waals surface area contributed by atoms with Gasteiger partial charge in [-0.1, -0.05) is 0 Å². The minimum atomic E-state index is -0.511. The van der Waals surface area contributed by atoms with Gasteiger partial charge >= 0.3 is 5.70 Å². The van der Waals surface area contributed by atoms with Crippen LogP contribution in [0.2, 0.25) is 0 Å². The third-order valence-corrected chi connectivity index (χ3v) is 1.77. The molecule has 0 aromatic heterocycles. The molecule has 11 heavy (non-hydrogen) atoms. The van der Waals surface area contributed by atoms with Crippen LogP contribution in [0.3, 0.4) is 0 Å². The molecule has 0 saturated heterocycles. The molecule has 0 radical (unpaired) electrons. The summed E-state index contributed by atoms with van der Waals surface area (Å²) in [6, 6.07) is 0. The van der Waals surface area contributed by atoms with E-state index >= 15 is 0 Å². The maximum atomic E-state index is 10.3. The van der Waals surface area contributed by atoms with E-state index in [1.54, 1.807) is 6.92 Å². The fourth-order valence-corrected chi connectivity index (χ4v) is 0.902. The first-order chi connectivity index (χ1) is 5.13. The molecular formula is C7H5ClNO2+. The monoisotopic (exact) mass is 170 g/mol. The van der Waals surface area contributed by atoms with Crippen molar-refractivity contribution in [3.05, 3.63) is 44.6 Å². The van der Waals surface area contributed by atoms with Crippen LogP contribution in [0.1, 0.15) is 6.92 Å². The summed E-state index contributed by atoms with van der Waals surface area (Å²) in [7, 11) is 0. The molecule has 3 nitrogen and oxygen atoms in total. The smallest absolute Gasteiger partial charge is 0.256 e. The van der Waals surface area contributed by atoms with E-state index in [9.17, 15) is 10.1 Å². The van der Waals surface area contributed by atoms with Crippen molar-refractivity contribution in [2.24, 2.45) is 0 Å². The van der Waals surface area contributed by atoms with Crippen LogP contribution >= 0.6 is 11.6 Å². The Morgan fingerprint density at radius 2 is 2.36 bits per heavy atom. The summed E-state index contributed by atoms with van der Waals surface area (Å²) in [5, 5.41) is 10.4. The van der Waals surface area contributed by atoms with Crippen LogP contribution in [0.4, 0.5) is 0 Å². The van der Waals surface area contributed by atoms with Gasteiger partial charge in [0.1, 0.15) is 17.7 Å². The normalized spacial score (nSPS) is 16.0. The first-order valence-corrected chi connectivity index (χ1v) is 3.32. The summed E-state index contributed by atoms with van der Waals surface area (Å²) in [6.07, 6.45) is 5.57. The van der Waals surface area contributed by atoms with Crippen LogP contribution in [0.15, 0.2) is 28.5 Å². The van der Waals surface area contributed by atoms with E-state index in [0.29, 0.717) is 5.57 Å². The van der Waals surface area contributed by atoms with Crippen molar-refractivity contribution in [2.75, 3.05) is 0 Å². The lowest BCUT2D eigenvalue weighted by Gasteiger charge is -1.91. The molecular weight excluding hydrogens is 166 g/mol. The molecule has 0 aromatic rings. The summed E-state index contributed by atoms with van der Waals surface area (Å²) in [6.45, 7) is 1.68. The lowest BCUT2D eigenvalue weighted by Crippen LogP contribution is -2.00. The van der Waals surface area contributed by atoms with Crippen LogP contribution < -0.4 is 0 Å². The zero-order chi connectivity index (χ0) is 8.43. The lowest BCUT2D eigenvalue weighted by molar-refractivity contribution is -0.419. The highest BCUT2D eigenvalue weighted by atomic mass is 35.5. The van der Waals surface area contributed by atoms with Gasteiger partial charge in [0.2, 0.25) is 5.03 Å². The summed E-state index contributed by atoms with van der Waals surface area (Å²) in [4.78, 5) is 9.77. The van der Waals surface area contributed by atoms with Gasteiger partial charge in [0, 0.05) is 17.7 Å². The highest BCUT2D eigenvalue weighted by Gasteiger charge is 2.26. The molecule has 0 saturated carbocycles. The van der Waals surface area contributed by atoms with Crippen LogP contribution in [-0.2, 0) is 0 Å². The summed E-state index contributed by atoms with van der Waals surface area (Å²) < 4.78 is 0. The Bertz CT molecular complexity index is 289. The number of hydrogen-bond acceptors (Lipinski definition) is 2. The fourth-order valence-electron chi connectivity index (χ4n) is 0.715. The molecule has 0 unspecified atom stereocenters. The first-order valence-electron chi connectivity index (χ1n) is 2.94. The molecule has 0 atom stereocenters. The van der Waals surface area contributed by atoms with Crippen molar-refractivity contribution >= 4 is 11.6 Å². The van der Waals surface area contributed by atoms with E-state index in [-0.39, 0.29) is 10.7 Å². The van der Waals surface area contributed by atoms with Crippen molar-refractivity contribution in [3.8, 4) is 0 Å². The van der Waals surface area contributed by atoms with Gasteiger partial charge in [-0.3, -0.25) is 10.1 Å². The van der Waals surface area contributed by atoms with Crippen molar-refractivity contribution < 1.29 is 4.92 Å². The van der Waals surface area contributed by atoms with Gasteiger partial charge < -0.3 is 0 Å². The second kappa shape index (κ2) is 2.82. The first kappa shape index (κ1) is 7.92. The van der Waals surface area contributed by atoms with Crippen molar-refractivity contribution in [2.45, 2.75) is 6.92 Å². The topological polar surface area (TPSA) is 43.1 Å². The molecule has 1 rings (SSSR count). The van der Waals surface area contributed by atoms with Gasteiger partial charge in [0.15, 0.2) is 0 Å². The maximum Gasteiger partial charge on any atom is 0.393 e. The molecule has 0 amide bonds. The summed E-state index contributed by atoms with van der Waals surface area (Å²) in [5.74, 6) is 0. The van der Waals surface area contributed by atoms with Gasteiger partial charge in [-0.15, -0.1) is 0 Å². The number of hydrogen-bond donors (Lipinski definition) is 0. The highest BCUT2D eigenvalue weighted by molar-refractivity contribution is 6.32. The van der Waals surface area contributed by atoms with E-state index in [1.807, 2.05) is 0 Å². The van der Waals surface area contributed by atoms with Crippen LogP contribution in [0.5, 0.6) is 0 Å². The van der Waals surface area contributed by atoms with E-state index in [1.165, 1.54) is 12.2 Å². The average molecular weight is 171 g/mol. The van der Waals surface area contributed by atoms with Crippen molar-refractivity contribution in [1.82, 2.24) is 0 Å². The highest BCUT2D eigenvalue weighted by Crippen LogP contribution is 2.23. The maximum absolute atomic E-state index is 10.3. The molecule has 0 spiro atoms. The second-order valence-corrected chi connectivity index (χ2v) is 2.44. The van der Waals surface area contributed by atoms with Crippen LogP contribution in [0.25, 0.3) is 0 Å². The van der Waals surface area contributed by atoms with Gasteiger partial charge in [0.05, 0.1) is 4.92 Å². The van der Waals surface area contributed by atoms with Crippen LogP contribution in [0, 0.1) is 16.2 Å². The number of halogens is 1. The Morgan fingerprint density at radius 1 is 1.73 bits per heavy atom. The Balaban J connectivity index is 3.14. The summed E-state index contributed by atoms with van der Waals surface area (Å²) >= 11 is 5.62. The molecule has 0 aliphatic heterocycles. The third kappa shape index (κ3) is 1.45. The molecule has 0 aromatic carbocycles. The largest absolute Gasteiger partial charge is 0.393 e. The minimum absolute atomic E-state index is 0.0667. The fraction of sp³-hybridized carbons (Fsp3) is 0.143. The van der Waals surface area contributed by atoms with Crippen molar-refractivity contribution in [3.63, 3.8) is 0 Å². The number of rotatable bonds is 1. The van der Waals surface area contributed by atoms with Gasteiger partial charge in [-0.25, -0.2) is 0 Å². The predicted octanol–water partition coefficient (Wildman–Crippen LogP) is 2.03. The molecule has 56 valence electrons.